The predicted molar refractivity (Wildman–Crippen MR) is 80.3 cm³/mol. The summed E-state index contributed by atoms with van der Waals surface area (Å²) in [5, 5.41) is 9.27. The number of benzene rings is 1. The Balaban J connectivity index is 2.19. The average molecular weight is 296 g/mol. The molecule has 1 aromatic rings. The van der Waals surface area contributed by atoms with E-state index in [0.29, 0.717) is 17.2 Å². The molecule has 1 aliphatic rings. The van der Waals surface area contributed by atoms with Gasteiger partial charge in [-0.15, -0.1) is 0 Å². The molecule has 1 saturated carbocycles. The van der Waals surface area contributed by atoms with E-state index in [1.165, 1.54) is 19.3 Å². The quantitative estimate of drug-likeness (QED) is 0.908. The second-order valence-corrected chi connectivity index (χ2v) is 8.04. The van der Waals surface area contributed by atoms with E-state index < -0.39 is 21.2 Å². The second kappa shape index (κ2) is 6.72. The Labute approximate surface area is 121 Å². The van der Waals surface area contributed by atoms with Crippen LogP contribution in [0.5, 0.6) is 0 Å². The second-order valence-electron chi connectivity index (χ2n) is 5.88. The number of rotatable bonds is 5. The molecule has 4 heteroatoms. The summed E-state index contributed by atoms with van der Waals surface area (Å²) in [6, 6.07) is 8.49. The van der Waals surface area contributed by atoms with Crippen LogP contribution in [0.3, 0.4) is 0 Å². The fourth-order valence-electron chi connectivity index (χ4n) is 3.12. The van der Waals surface area contributed by atoms with Crippen molar-refractivity contribution in [3.8, 4) is 0 Å². The first-order valence-corrected chi connectivity index (χ1v) is 9.03. The Morgan fingerprint density at radius 2 is 1.75 bits per heavy atom. The molecule has 1 N–H and O–H groups in total. The van der Waals surface area contributed by atoms with Gasteiger partial charge >= 0.3 is 0 Å². The summed E-state index contributed by atoms with van der Waals surface area (Å²) in [5.74, 6) is 0.432. The highest BCUT2D eigenvalue weighted by atomic mass is 32.2. The molecule has 20 heavy (non-hydrogen) atoms. The molecular weight excluding hydrogens is 272 g/mol. The molecule has 3 nitrogen and oxygen atoms in total. The van der Waals surface area contributed by atoms with Crippen molar-refractivity contribution in [1.82, 2.24) is 0 Å². The summed E-state index contributed by atoms with van der Waals surface area (Å²) in [6.07, 6.45) is 5.55. The molecule has 2 rings (SSSR count). The van der Waals surface area contributed by atoms with E-state index in [0.717, 1.165) is 12.8 Å². The number of sulfone groups is 1. The molecule has 0 radical (unpaired) electrons. The molecule has 112 valence electrons. The lowest BCUT2D eigenvalue weighted by molar-refractivity contribution is 0.170. The van der Waals surface area contributed by atoms with E-state index in [4.69, 9.17) is 0 Å². The molecular formula is C16H24O3S. The zero-order chi connectivity index (χ0) is 14.6. The Morgan fingerprint density at radius 1 is 1.15 bits per heavy atom. The highest BCUT2D eigenvalue weighted by Crippen LogP contribution is 2.32. The van der Waals surface area contributed by atoms with Gasteiger partial charge in [0.15, 0.2) is 9.84 Å². The van der Waals surface area contributed by atoms with Gasteiger partial charge in [-0.25, -0.2) is 8.42 Å². The summed E-state index contributed by atoms with van der Waals surface area (Å²) in [7, 11) is -3.45. The zero-order valence-electron chi connectivity index (χ0n) is 12.0. The van der Waals surface area contributed by atoms with Crippen molar-refractivity contribution >= 4 is 9.84 Å². The minimum absolute atomic E-state index is 0.321. The molecule has 1 aromatic carbocycles. The van der Waals surface area contributed by atoms with Crippen LogP contribution in [0, 0.1) is 5.92 Å². The normalized spacial score (nSPS) is 20.5. The first kappa shape index (κ1) is 15.5. The molecule has 0 unspecified atom stereocenters. The van der Waals surface area contributed by atoms with Crippen LogP contribution in [-0.4, -0.2) is 24.9 Å². The molecule has 0 spiro atoms. The Hall–Kier alpha value is -0.870. The zero-order valence-corrected chi connectivity index (χ0v) is 12.8. The number of aliphatic hydroxyl groups is 1. The van der Waals surface area contributed by atoms with Crippen molar-refractivity contribution in [2.45, 2.75) is 61.7 Å². The van der Waals surface area contributed by atoms with E-state index in [1.54, 1.807) is 37.3 Å². The molecule has 0 aliphatic heterocycles. The summed E-state index contributed by atoms with van der Waals surface area (Å²) in [6.45, 7) is 1.59. The van der Waals surface area contributed by atoms with Crippen molar-refractivity contribution in [2.75, 3.05) is 0 Å². The van der Waals surface area contributed by atoms with Gasteiger partial charge in [0.2, 0.25) is 0 Å². The van der Waals surface area contributed by atoms with Gasteiger partial charge in [0.1, 0.15) is 0 Å². The van der Waals surface area contributed by atoms with Crippen LogP contribution >= 0.6 is 0 Å². The van der Waals surface area contributed by atoms with Crippen LogP contribution in [0.1, 0.15) is 45.4 Å². The van der Waals surface area contributed by atoms with Crippen molar-refractivity contribution in [1.29, 1.82) is 0 Å². The third-order valence-corrected chi connectivity index (χ3v) is 6.61. The average Bonchev–Trinajstić information content (AvgIpc) is 2.46. The highest BCUT2D eigenvalue weighted by molar-refractivity contribution is 7.92. The molecule has 0 heterocycles. The van der Waals surface area contributed by atoms with Gasteiger partial charge in [-0.2, -0.15) is 0 Å². The van der Waals surface area contributed by atoms with Gasteiger partial charge < -0.3 is 5.11 Å². The van der Waals surface area contributed by atoms with Crippen LogP contribution in [0.15, 0.2) is 35.2 Å². The largest absolute Gasteiger partial charge is 0.392 e. The third kappa shape index (κ3) is 3.61. The van der Waals surface area contributed by atoms with Gasteiger partial charge in [0.25, 0.3) is 0 Å². The number of hydrogen-bond donors (Lipinski definition) is 1. The molecule has 1 aliphatic carbocycles. The molecule has 1 fully saturated rings. The van der Waals surface area contributed by atoms with Gasteiger partial charge in [0, 0.05) is 0 Å². The standard InChI is InChI=1S/C16H24O3S/c1-13(17)16(12-14-8-4-2-5-9-14)20(18,19)15-10-6-3-7-11-15/h3,6-7,10-11,13-14,16-17H,2,4-5,8-9,12H2,1H3/t13-,16-/m0/s1. The van der Waals surface area contributed by atoms with E-state index >= 15 is 0 Å². The topological polar surface area (TPSA) is 54.4 Å². The van der Waals surface area contributed by atoms with Crippen LogP contribution in [0.2, 0.25) is 0 Å². The van der Waals surface area contributed by atoms with Crippen molar-refractivity contribution < 1.29 is 13.5 Å². The smallest absolute Gasteiger partial charge is 0.183 e. The Bertz CT molecular complexity index is 502. The highest BCUT2D eigenvalue weighted by Gasteiger charge is 2.33. The minimum atomic E-state index is -3.45. The lowest BCUT2D eigenvalue weighted by Gasteiger charge is -2.28. The molecule has 2 atom stereocenters. The molecule has 0 aromatic heterocycles. The summed E-state index contributed by atoms with van der Waals surface area (Å²) >= 11 is 0. The lowest BCUT2D eigenvalue weighted by Crippen LogP contribution is -2.34. The molecule has 0 bridgehead atoms. The van der Waals surface area contributed by atoms with E-state index in [2.05, 4.69) is 0 Å². The first-order valence-electron chi connectivity index (χ1n) is 7.49. The molecule has 0 saturated heterocycles. The number of aliphatic hydroxyl groups excluding tert-OH is 1. The maximum atomic E-state index is 12.7. The maximum Gasteiger partial charge on any atom is 0.183 e. The van der Waals surface area contributed by atoms with E-state index in [-0.39, 0.29) is 0 Å². The third-order valence-electron chi connectivity index (χ3n) is 4.30. The summed E-state index contributed by atoms with van der Waals surface area (Å²) < 4.78 is 25.4. The van der Waals surface area contributed by atoms with E-state index in [9.17, 15) is 13.5 Å². The maximum absolute atomic E-state index is 12.7. The fraction of sp³-hybridized carbons (Fsp3) is 0.625. The van der Waals surface area contributed by atoms with Crippen molar-refractivity contribution in [2.24, 2.45) is 5.92 Å². The SMILES string of the molecule is C[C@H](O)[C@H](CC1CCCCC1)S(=O)(=O)c1ccccc1. The van der Waals surface area contributed by atoms with Gasteiger partial charge in [-0.05, 0) is 31.4 Å². The number of hydrogen-bond acceptors (Lipinski definition) is 3. The van der Waals surface area contributed by atoms with Gasteiger partial charge in [-0.3, -0.25) is 0 Å². The predicted octanol–water partition coefficient (Wildman–Crippen LogP) is 3.18. The van der Waals surface area contributed by atoms with Gasteiger partial charge in [0.05, 0.1) is 16.2 Å². The Kier molecular flexibility index (Phi) is 5.22. The fourth-order valence-corrected chi connectivity index (χ4v) is 5.05. The summed E-state index contributed by atoms with van der Waals surface area (Å²) in [4.78, 5) is 0.321. The molecule has 0 amide bonds. The van der Waals surface area contributed by atoms with E-state index in [1.807, 2.05) is 0 Å². The monoisotopic (exact) mass is 296 g/mol. The first-order chi connectivity index (χ1) is 9.51. The lowest BCUT2D eigenvalue weighted by atomic mass is 9.85. The van der Waals surface area contributed by atoms with Crippen LogP contribution < -0.4 is 0 Å². The minimum Gasteiger partial charge on any atom is -0.392 e. The van der Waals surface area contributed by atoms with Crippen LogP contribution in [-0.2, 0) is 9.84 Å². The summed E-state index contributed by atoms with van der Waals surface area (Å²) in [5.41, 5.74) is 0. The van der Waals surface area contributed by atoms with Crippen molar-refractivity contribution in [3.05, 3.63) is 30.3 Å². The Morgan fingerprint density at radius 3 is 2.30 bits per heavy atom. The van der Waals surface area contributed by atoms with Crippen molar-refractivity contribution in [3.63, 3.8) is 0 Å². The van der Waals surface area contributed by atoms with Crippen LogP contribution in [0.25, 0.3) is 0 Å². The van der Waals surface area contributed by atoms with Gasteiger partial charge in [-0.1, -0.05) is 50.3 Å². The van der Waals surface area contributed by atoms with Crippen LogP contribution in [0.4, 0.5) is 0 Å².